The van der Waals surface area contributed by atoms with Gasteiger partial charge in [0.25, 0.3) is 0 Å². The Bertz CT molecular complexity index is 656. The van der Waals surface area contributed by atoms with Gasteiger partial charge in [-0.25, -0.2) is 0 Å². The number of rotatable bonds is 3. The molecule has 0 aliphatic carbocycles. The molecule has 22 heavy (non-hydrogen) atoms. The number of nitrogens with one attached hydrogen (secondary N) is 1. The fourth-order valence-electron chi connectivity index (χ4n) is 3.50. The summed E-state index contributed by atoms with van der Waals surface area (Å²) in [6.07, 6.45) is 2.56. The van der Waals surface area contributed by atoms with Crippen molar-refractivity contribution in [2.75, 3.05) is 5.32 Å². The smallest absolute Gasteiger partial charge is 0.310 e. The molecule has 1 fully saturated rings. The van der Waals surface area contributed by atoms with Crippen LogP contribution >= 0.6 is 0 Å². The second kappa shape index (κ2) is 5.25. The van der Waals surface area contributed by atoms with Gasteiger partial charge in [-0.2, -0.15) is 0 Å². The summed E-state index contributed by atoms with van der Waals surface area (Å²) in [4.78, 5) is 24.1. The molecular formula is C17H19NO4. The van der Waals surface area contributed by atoms with Crippen molar-refractivity contribution in [2.45, 2.75) is 33.0 Å². The second-order valence-corrected chi connectivity index (χ2v) is 6.10. The van der Waals surface area contributed by atoms with E-state index in [1.54, 1.807) is 12.2 Å². The summed E-state index contributed by atoms with van der Waals surface area (Å²) < 4.78 is 5.54. The van der Waals surface area contributed by atoms with Crippen molar-refractivity contribution in [3.63, 3.8) is 0 Å². The molecule has 1 aromatic carbocycles. The van der Waals surface area contributed by atoms with Crippen LogP contribution in [0.1, 0.15) is 16.7 Å². The van der Waals surface area contributed by atoms with Crippen molar-refractivity contribution >= 4 is 17.6 Å². The molecule has 4 atom stereocenters. The summed E-state index contributed by atoms with van der Waals surface area (Å²) in [6, 6.07) is 3.99. The Morgan fingerprint density at radius 1 is 1.05 bits per heavy atom. The van der Waals surface area contributed by atoms with Crippen LogP contribution in [-0.4, -0.2) is 29.2 Å². The van der Waals surface area contributed by atoms with Gasteiger partial charge in [-0.3, -0.25) is 9.59 Å². The molecule has 2 aliphatic rings. The van der Waals surface area contributed by atoms with Crippen LogP contribution in [-0.2, 0) is 14.3 Å². The SMILES string of the molecule is Cc1cc(C)c(NC(=O)[C@H]2[C@@H](C(=O)O)[C@H]3C=C[C@@H]2O3)c(C)c1. The van der Waals surface area contributed by atoms with Gasteiger partial charge in [0.15, 0.2) is 0 Å². The number of aliphatic carboxylic acids is 1. The van der Waals surface area contributed by atoms with Crippen LogP contribution in [0.2, 0.25) is 0 Å². The third-order valence-corrected chi connectivity index (χ3v) is 4.41. The zero-order valence-electron chi connectivity index (χ0n) is 12.8. The molecule has 1 amide bonds. The highest BCUT2D eigenvalue weighted by atomic mass is 16.5. The van der Waals surface area contributed by atoms with Crippen LogP contribution in [0, 0.1) is 32.6 Å². The number of anilines is 1. The first-order valence-corrected chi connectivity index (χ1v) is 7.34. The largest absolute Gasteiger partial charge is 0.481 e. The third-order valence-electron chi connectivity index (χ3n) is 4.41. The molecule has 116 valence electrons. The van der Waals surface area contributed by atoms with Crippen molar-refractivity contribution in [3.05, 3.63) is 41.0 Å². The van der Waals surface area contributed by atoms with Crippen LogP contribution in [0.3, 0.4) is 0 Å². The highest BCUT2D eigenvalue weighted by Gasteiger charge is 2.53. The van der Waals surface area contributed by atoms with Crippen molar-refractivity contribution in [3.8, 4) is 0 Å². The molecule has 0 spiro atoms. The average Bonchev–Trinajstić information content (AvgIpc) is 3.02. The van der Waals surface area contributed by atoms with Gasteiger partial charge < -0.3 is 15.2 Å². The standard InChI is InChI=1S/C17H19NO4/c1-8-6-9(2)15(10(3)7-8)18-16(19)13-11-4-5-12(22-11)14(13)17(20)21/h4-7,11-14H,1-3H3,(H,18,19)(H,20,21)/t11-,12+,13+,14-/m0/s1. The number of ether oxygens (including phenoxy) is 1. The van der Waals surface area contributed by atoms with Gasteiger partial charge in [0.2, 0.25) is 5.91 Å². The maximum absolute atomic E-state index is 12.6. The van der Waals surface area contributed by atoms with Crippen LogP contribution in [0.15, 0.2) is 24.3 Å². The van der Waals surface area contributed by atoms with Crippen LogP contribution in [0.4, 0.5) is 5.69 Å². The van der Waals surface area contributed by atoms with E-state index < -0.39 is 30.0 Å². The Balaban J connectivity index is 1.86. The Morgan fingerprint density at radius 3 is 2.14 bits per heavy atom. The van der Waals surface area contributed by atoms with E-state index in [0.717, 1.165) is 22.4 Å². The number of carbonyl (C=O) groups excluding carboxylic acids is 1. The normalized spacial score (nSPS) is 28.9. The fraction of sp³-hybridized carbons (Fsp3) is 0.412. The number of amides is 1. The summed E-state index contributed by atoms with van der Waals surface area (Å²) in [5, 5.41) is 12.3. The minimum Gasteiger partial charge on any atom is -0.481 e. The monoisotopic (exact) mass is 301 g/mol. The van der Waals surface area contributed by atoms with Crippen LogP contribution in [0.5, 0.6) is 0 Å². The number of carboxylic acid groups (broad SMARTS) is 1. The van der Waals surface area contributed by atoms with E-state index in [-0.39, 0.29) is 5.91 Å². The maximum atomic E-state index is 12.6. The van der Waals surface area contributed by atoms with E-state index >= 15 is 0 Å². The van der Waals surface area contributed by atoms with E-state index in [0.29, 0.717) is 0 Å². The second-order valence-electron chi connectivity index (χ2n) is 6.10. The summed E-state index contributed by atoms with van der Waals surface area (Å²) in [6.45, 7) is 5.86. The highest BCUT2D eigenvalue weighted by Crippen LogP contribution is 2.40. The molecule has 5 heteroatoms. The van der Waals surface area contributed by atoms with E-state index in [1.165, 1.54) is 0 Å². The molecule has 2 bridgehead atoms. The highest BCUT2D eigenvalue weighted by molar-refractivity contribution is 5.97. The van der Waals surface area contributed by atoms with Crippen molar-refractivity contribution in [1.82, 2.24) is 0 Å². The average molecular weight is 301 g/mol. The number of benzene rings is 1. The van der Waals surface area contributed by atoms with Gasteiger partial charge in [-0.1, -0.05) is 29.8 Å². The lowest BCUT2D eigenvalue weighted by atomic mass is 9.82. The minimum atomic E-state index is -0.991. The van der Waals surface area contributed by atoms with Crippen molar-refractivity contribution in [2.24, 2.45) is 11.8 Å². The van der Waals surface area contributed by atoms with Gasteiger partial charge in [0.1, 0.15) is 5.92 Å². The Hall–Kier alpha value is -2.14. The summed E-state index contributed by atoms with van der Waals surface area (Å²) in [7, 11) is 0. The number of carbonyl (C=O) groups is 2. The number of carboxylic acids is 1. The lowest BCUT2D eigenvalue weighted by Gasteiger charge is -2.22. The molecule has 1 aromatic rings. The zero-order valence-corrected chi connectivity index (χ0v) is 12.8. The molecule has 0 aromatic heterocycles. The molecular weight excluding hydrogens is 282 g/mol. The van der Waals surface area contributed by atoms with E-state index in [2.05, 4.69) is 5.32 Å². The molecule has 3 rings (SSSR count). The molecule has 2 N–H and O–H groups in total. The first-order valence-electron chi connectivity index (χ1n) is 7.34. The predicted octanol–water partition coefficient (Wildman–Crippen LogP) is 2.20. The molecule has 0 unspecified atom stereocenters. The first kappa shape index (κ1) is 14.8. The van der Waals surface area contributed by atoms with Gasteiger partial charge in [0.05, 0.1) is 18.1 Å². The summed E-state index contributed by atoms with van der Waals surface area (Å²) >= 11 is 0. The topological polar surface area (TPSA) is 75.6 Å². The Kier molecular flexibility index (Phi) is 3.53. The molecule has 5 nitrogen and oxygen atoms in total. The lowest BCUT2D eigenvalue weighted by molar-refractivity contribution is -0.145. The number of hydrogen-bond acceptors (Lipinski definition) is 3. The zero-order chi connectivity index (χ0) is 16.0. The molecule has 2 aliphatic heterocycles. The van der Waals surface area contributed by atoms with E-state index in [1.807, 2.05) is 32.9 Å². The Labute approximate surface area is 129 Å². The maximum Gasteiger partial charge on any atom is 0.310 e. The van der Waals surface area contributed by atoms with Crippen LogP contribution in [0.25, 0.3) is 0 Å². The van der Waals surface area contributed by atoms with E-state index in [4.69, 9.17) is 4.74 Å². The number of hydrogen-bond donors (Lipinski definition) is 2. The molecule has 1 saturated heterocycles. The van der Waals surface area contributed by atoms with Crippen molar-refractivity contribution in [1.29, 1.82) is 0 Å². The minimum absolute atomic E-state index is 0.292. The summed E-state index contributed by atoms with van der Waals surface area (Å²) in [5.41, 5.74) is 3.82. The molecule has 0 saturated carbocycles. The quantitative estimate of drug-likeness (QED) is 0.839. The van der Waals surface area contributed by atoms with E-state index in [9.17, 15) is 14.7 Å². The van der Waals surface area contributed by atoms with Crippen molar-refractivity contribution < 1.29 is 19.4 Å². The number of aryl methyl sites for hydroxylation is 3. The van der Waals surface area contributed by atoms with Crippen LogP contribution < -0.4 is 5.32 Å². The molecule has 2 heterocycles. The lowest BCUT2D eigenvalue weighted by Crippen LogP contribution is -2.39. The summed E-state index contributed by atoms with van der Waals surface area (Å²) in [5.74, 6) is -2.79. The van der Waals surface area contributed by atoms with Gasteiger partial charge in [-0.05, 0) is 31.9 Å². The van der Waals surface area contributed by atoms with Gasteiger partial charge in [0, 0.05) is 5.69 Å². The predicted molar refractivity (Wildman–Crippen MR) is 81.7 cm³/mol. The first-order chi connectivity index (χ1) is 10.4. The molecule has 0 radical (unpaired) electrons. The third kappa shape index (κ3) is 2.31. The number of fused-ring (bicyclic) bond motifs is 2. The van der Waals surface area contributed by atoms with Gasteiger partial charge in [-0.15, -0.1) is 0 Å². The fourth-order valence-corrected chi connectivity index (χ4v) is 3.50. The Morgan fingerprint density at radius 2 is 1.59 bits per heavy atom. The van der Waals surface area contributed by atoms with Gasteiger partial charge >= 0.3 is 5.97 Å².